The summed E-state index contributed by atoms with van der Waals surface area (Å²) in [6, 6.07) is 5.24. The van der Waals surface area contributed by atoms with E-state index in [0.29, 0.717) is 36.2 Å². The van der Waals surface area contributed by atoms with Crippen molar-refractivity contribution < 1.29 is 13.2 Å². The Morgan fingerprint density at radius 2 is 1.79 bits per heavy atom. The van der Waals surface area contributed by atoms with Crippen LogP contribution in [0.3, 0.4) is 0 Å². The summed E-state index contributed by atoms with van der Waals surface area (Å²) in [5.41, 5.74) is 0.950. The van der Waals surface area contributed by atoms with E-state index in [0.717, 1.165) is 19.3 Å². The second-order valence-electron chi connectivity index (χ2n) is 9.42. The minimum Gasteiger partial charge on any atom is -0.326 e. The number of halogens is 1. The second kappa shape index (κ2) is 7.34. The molecule has 5 nitrogen and oxygen atoms in total. The Morgan fingerprint density at radius 3 is 2.34 bits per heavy atom. The van der Waals surface area contributed by atoms with Gasteiger partial charge in [0.2, 0.25) is 15.9 Å². The lowest BCUT2D eigenvalue weighted by Gasteiger charge is -2.59. The molecule has 0 spiro atoms. The topological polar surface area (TPSA) is 66.5 Å². The summed E-state index contributed by atoms with van der Waals surface area (Å²) in [4.78, 5) is 13.7. The highest BCUT2D eigenvalue weighted by molar-refractivity contribution is 9.10. The van der Waals surface area contributed by atoms with Crippen molar-refractivity contribution in [2.45, 2.75) is 68.5 Å². The summed E-state index contributed by atoms with van der Waals surface area (Å²) < 4.78 is 27.6. The molecule has 0 heterocycles. The van der Waals surface area contributed by atoms with Gasteiger partial charge in [-0.25, -0.2) is 8.42 Å². The number of carbonyl (C=O) groups is 1. The molecule has 0 radical (unpaired) electrons. The number of hydrogen-bond acceptors (Lipinski definition) is 3. The van der Waals surface area contributed by atoms with Crippen molar-refractivity contribution in [3.63, 3.8) is 0 Å². The maximum Gasteiger partial charge on any atom is 0.243 e. The largest absolute Gasteiger partial charge is 0.326 e. The molecule has 7 heteroatoms. The van der Waals surface area contributed by atoms with Crippen LogP contribution < -0.4 is 5.32 Å². The van der Waals surface area contributed by atoms with Crippen molar-refractivity contribution in [2.24, 2.45) is 17.3 Å². The number of nitrogens with one attached hydrogen (secondary N) is 1. The van der Waals surface area contributed by atoms with Crippen LogP contribution >= 0.6 is 15.9 Å². The first-order chi connectivity index (χ1) is 13.6. The molecule has 4 aliphatic rings. The zero-order chi connectivity index (χ0) is 21.0. The summed E-state index contributed by atoms with van der Waals surface area (Å²) in [5.74, 6) is 1.31. The van der Waals surface area contributed by atoms with Crippen LogP contribution in [0.2, 0.25) is 0 Å². The first-order valence-corrected chi connectivity index (χ1v) is 13.0. The zero-order valence-electron chi connectivity index (χ0n) is 17.5. The SMILES string of the molecule is CCN(CC)S(=O)(=O)c1cc(NC(=O)C23CC4CC(CC(Br)(C4)C2)C3)ccc1C. The van der Waals surface area contributed by atoms with E-state index in [1.54, 1.807) is 19.1 Å². The number of anilines is 1. The van der Waals surface area contributed by atoms with Crippen molar-refractivity contribution in [3.05, 3.63) is 23.8 Å². The molecule has 0 aromatic heterocycles. The van der Waals surface area contributed by atoms with E-state index >= 15 is 0 Å². The lowest BCUT2D eigenvalue weighted by molar-refractivity contribution is -0.138. The van der Waals surface area contributed by atoms with E-state index in [2.05, 4.69) is 21.2 Å². The zero-order valence-corrected chi connectivity index (χ0v) is 19.9. The first-order valence-electron chi connectivity index (χ1n) is 10.7. The number of amides is 1. The van der Waals surface area contributed by atoms with Crippen molar-refractivity contribution in [2.75, 3.05) is 18.4 Å². The van der Waals surface area contributed by atoms with E-state index in [-0.39, 0.29) is 20.5 Å². The standard InChI is InChI=1S/C22H31BrN2O3S/c1-4-25(5-2)29(27,28)19-9-18(7-6-15(19)3)24-20(26)21-10-16-8-17(11-21)13-22(23,12-16)14-21/h6-7,9,16-17H,4-5,8,10-14H2,1-3H3,(H,24,26). The fourth-order valence-corrected chi connectivity index (χ4v) is 9.50. The van der Waals surface area contributed by atoms with Crippen molar-refractivity contribution in [1.82, 2.24) is 4.31 Å². The number of carbonyl (C=O) groups excluding carboxylic acids is 1. The number of benzene rings is 1. The van der Waals surface area contributed by atoms with Gasteiger partial charge in [0.05, 0.1) is 10.3 Å². The first kappa shape index (κ1) is 21.3. The van der Waals surface area contributed by atoms with E-state index < -0.39 is 10.0 Å². The molecule has 1 amide bonds. The van der Waals surface area contributed by atoms with Crippen LogP contribution in [0.15, 0.2) is 23.1 Å². The molecular weight excluding hydrogens is 452 g/mol. The molecule has 1 N–H and O–H groups in total. The lowest BCUT2D eigenvalue weighted by atomic mass is 9.49. The third-order valence-corrected chi connectivity index (χ3v) is 10.4. The quantitative estimate of drug-likeness (QED) is 0.597. The van der Waals surface area contributed by atoms with Gasteiger partial charge in [-0.3, -0.25) is 4.79 Å². The second-order valence-corrected chi connectivity index (χ2v) is 13.0. The molecule has 2 atom stereocenters. The van der Waals surface area contributed by atoms with Gasteiger partial charge in [-0.2, -0.15) is 4.31 Å². The van der Waals surface area contributed by atoms with Gasteiger partial charge in [0, 0.05) is 23.1 Å². The summed E-state index contributed by atoms with van der Waals surface area (Å²) in [7, 11) is -3.57. The third kappa shape index (κ3) is 3.68. The molecule has 2 unspecified atom stereocenters. The Balaban J connectivity index is 1.60. The van der Waals surface area contributed by atoms with Gasteiger partial charge in [0.1, 0.15) is 0 Å². The van der Waals surface area contributed by atoms with Gasteiger partial charge >= 0.3 is 0 Å². The summed E-state index contributed by atoms with van der Waals surface area (Å²) >= 11 is 3.96. The average Bonchev–Trinajstić information content (AvgIpc) is 2.62. The van der Waals surface area contributed by atoms with Crippen LogP contribution in [0, 0.1) is 24.2 Å². The summed E-state index contributed by atoms with van der Waals surface area (Å²) in [6.07, 6.45) is 6.40. The Kier molecular flexibility index (Phi) is 5.40. The van der Waals surface area contributed by atoms with E-state index in [4.69, 9.17) is 0 Å². The van der Waals surface area contributed by atoms with Crippen LogP contribution in [0.25, 0.3) is 0 Å². The van der Waals surface area contributed by atoms with E-state index in [1.165, 1.54) is 23.6 Å². The highest BCUT2D eigenvalue weighted by atomic mass is 79.9. The Labute approximate surface area is 182 Å². The average molecular weight is 483 g/mol. The van der Waals surface area contributed by atoms with Crippen LogP contribution in [0.5, 0.6) is 0 Å². The fraction of sp³-hybridized carbons (Fsp3) is 0.682. The predicted octanol–water partition coefficient (Wildman–Crippen LogP) is 4.70. The Hall–Kier alpha value is -0.920. The third-order valence-electron chi connectivity index (χ3n) is 7.24. The Morgan fingerprint density at radius 1 is 1.17 bits per heavy atom. The van der Waals surface area contributed by atoms with Gasteiger partial charge in [0.25, 0.3) is 0 Å². The smallest absolute Gasteiger partial charge is 0.243 e. The van der Waals surface area contributed by atoms with Crippen molar-refractivity contribution in [3.8, 4) is 0 Å². The van der Waals surface area contributed by atoms with Gasteiger partial charge in [0.15, 0.2) is 0 Å². The minimum absolute atomic E-state index is 0.0606. The number of rotatable bonds is 6. The molecular formula is C22H31BrN2O3S. The predicted molar refractivity (Wildman–Crippen MR) is 119 cm³/mol. The summed E-state index contributed by atoms with van der Waals surface area (Å²) in [6.45, 7) is 6.33. The van der Waals surface area contributed by atoms with Crippen LogP contribution in [-0.2, 0) is 14.8 Å². The van der Waals surface area contributed by atoms with Crippen LogP contribution in [-0.4, -0.2) is 36.0 Å². The van der Waals surface area contributed by atoms with Gasteiger partial charge < -0.3 is 5.32 Å². The van der Waals surface area contributed by atoms with Gasteiger partial charge in [-0.15, -0.1) is 0 Å². The van der Waals surface area contributed by atoms with Gasteiger partial charge in [-0.05, 0) is 75.0 Å². The molecule has 4 fully saturated rings. The van der Waals surface area contributed by atoms with Gasteiger partial charge in [-0.1, -0.05) is 35.8 Å². The number of aryl methyl sites for hydroxylation is 1. The van der Waals surface area contributed by atoms with E-state index in [1.807, 2.05) is 19.9 Å². The number of alkyl halides is 1. The molecule has 1 aromatic rings. The Bertz CT molecular complexity index is 912. The summed E-state index contributed by atoms with van der Waals surface area (Å²) in [5, 5.41) is 3.09. The molecule has 4 bridgehead atoms. The molecule has 4 saturated carbocycles. The fourth-order valence-electron chi connectivity index (χ4n) is 6.34. The monoisotopic (exact) mass is 482 g/mol. The highest BCUT2D eigenvalue weighted by Crippen LogP contribution is 2.64. The van der Waals surface area contributed by atoms with E-state index in [9.17, 15) is 13.2 Å². The van der Waals surface area contributed by atoms with Crippen LogP contribution in [0.1, 0.15) is 57.9 Å². The highest BCUT2D eigenvalue weighted by Gasteiger charge is 2.59. The molecule has 160 valence electrons. The van der Waals surface area contributed by atoms with Crippen molar-refractivity contribution in [1.29, 1.82) is 0 Å². The van der Waals surface area contributed by atoms with Crippen LogP contribution in [0.4, 0.5) is 5.69 Å². The molecule has 29 heavy (non-hydrogen) atoms. The molecule has 0 saturated heterocycles. The lowest BCUT2D eigenvalue weighted by Crippen LogP contribution is -2.57. The maximum absolute atomic E-state index is 13.4. The molecule has 1 aromatic carbocycles. The molecule has 0 aliphatic heterocycles. The van der Waals surface area contributed by atoms with Crippen molar-refractivity contribution >= 4 is 37.5 Å². The molecule has 5 rings (SSSR count). The number of hydrogen-bond donors (Lipinski definition) is 1. The number of sulfonamides is 1. The minimum atomic E-state index is -3.57. The number of nitrogens with zero attached hydrogens (tertiary/aromatic N) is 1. The maximum atomic E-state index is 13.4. The molecule has 4 aliphatic carbocycles. The normalized spacial score (nSPS) is 33.3.